The van der Waals surface area contributed by atoms with Gasteiger partial charge in [-0.05, 0) is 28.7 Å². The number of hydrogen-bond donors (Lipinski definition) is 1. The average molecular weight is 414 g/mol. The maximum atomic E-state index is 13.7. The Balaban J connectivity index is 1.58. The molecular formula is C15H16FIN4O. The summed E-state index contributed by atoms with van der Waals surface area (Å²) < 4.78 is 14.5. The molecule has 0 bridgehead atoms. The number of rotatable bonds is 3. The van der Waals surface area contributed by atoms with E-state index >= 15 is 0 Å². The van der Waals surface area contributed by atoms with Crippen LogP contribution in [0.3, 0.4) is 0 Å². The average Bonchev–Trinajstić information content (AvgIpc) is 2.96. The first-order valence-electron chi connectivity index (χ1n) is 7.09. The van der Waals surface area contributed by atoms with Crippen molar-refractivity contribution in [1.29, 1.82) is 0 Å². The molecule has 1 amide bonds. The first-order chi connectivity index (χ1) is 10.6. The van der Waals surface area contributed by atoms with Crippen LogP contribution in [0.5, 0.6) is 0 Å². The number of benzene rings is 1. The molecule has 22 heavy (non-hydrogen) atoms. The predicted octanol–water partition coefficient (Wildman–Crippen LogP) is 2.11. The van der Waals surface area contributed by atoms with Crippen LogP contribution in [0.2, 0.25) is 0 Å². The van der Waals surface area contributed by atoms with E-state index in [0.29, 0.717) is 30.9 Å². The van der Waals surface area contributed by atoms with Gasteiger partial charge in [0.1, 0.15) is 11.5 Å². The monoisotopic (exact) mass is 414 g/mol. The molecule has 1 saturated heterocycles. The van der Waals surface area contributed by atoms with Crippen molar-refractivity contribution in [3.8, 4) is 0 Å². The molecule has 116 valence electrons. The van der Waals surface area contributed by atoms with Crippen molar-refractivity contribution in [1.82, 2.24) is 20.0 Å². The third-order valence-corrected chi connectivity index (χ3v) is 4.64. The number of nitrogens with one attached hydrogen (secondary N) is 1. The van der Waals surface area contributed by atoms with E-state index in [2.05, 4.69) is 37.7 Å². The maximum absolute atomic E-state index is 13.7. The molecule has 3 rings (SSSR count). The van der Waals surface area contributed by atoms with Crippen molar-refractivity contribution in [2.24, 2.45) is 0 Å². The van der Waals surface area contributed by atoms with Gasteiger partial charge in [-0.2, -0.15) is 5.10 Å². The highest BCUT2D eigenvalue weighted by molar-refractivity contribution is 14.1. The van der Waals surface area contributed by atoms with Gasteiger partial charge >= 0.3 is 0 Å². The van der Waals surface area contributed by atoms with E-state index in [1.165, 1.54) is 6.07 Å². The Labute approximate surface area is 141 Å². The minimum atomic E-state index is -0.173. The van der Waals surface area contributed by atoms with Gasteiger partial charge in [-0.1, -0.05) is 18.2 Å². The first kappa shape index (κ1) is 15.4. The van der Waals surface area contributed by atoms with Crippen LogP contribution >= 0.6 is 22.6 Å². The molecule has 1 N–H and O–H groups in total. The number of aromatic nitrogens is 2. The molecule has 1 aliphatic rings. The number of piperazine rings is 1. The zero-order chi connectivity index (χ0) is 15.5. The Morgan fingerprint density at radius 3 is 2.64 bits per heavy atom. The SMILES string of the molecule is O=C(c1[nH]ncc1I)N1CCN(Cc2ccccc2F)CC1. The van der Waals surface area contributed by atoms with Crippen molar-refractivity contribution in [3.63, 3.8) is 0 Å². The molecular weight excluding hydrogens is 398 g/mol. The second-order valence-corrected chi connectivity index (χ2v) is 6.41. The van der Waals surface area contributed by atoms with E-state index in [9.17, 15) is 9.18 Å². The number of amides is 1. The fourth-order valence-corrected chi connectivity index (χ4v) is 3.05. The summed E-state index contributed by atoms with van der Waals surface area (Å²) in [6.45, 7) is 3.34. The molecule has 1 aliphatic heterocycles. The van der Waals surface area contributed by atoms with Crippen LogP contribution in [0.25, 0.3) is 0 Å². The van der Waals surface area contributed by atoms with Crippen LogP contribution in [0, 0.1) is 9.39 Å². The van der Waals surface area contributed by atoms with Crippen LogP contribution in [0.1, 0.15) is 16.1 Å². The molecule has 2 aromatic rings. The Morgan fingerprint density at radius 2 is 2.00 bits per heavy atom. The topological polar surface area (TPSA) is 52.2 Å². The second kappa shape index (κ2) is 6.74. The quantitative estimate of drug-likeness (QED) is 0.784. The minimum Gasteiger partial charge on any atom is -0.335 e. The molecule has 7 heteroatoms. The van der Waals surface area contributed by atoms with Crippen LogP contribution in [0.4, 0.5) is 4.39 Å². The lowest BCUT2D eigenvalue weighted by atomic mass is 10.2. The Morgan fingerprint density at radius 1 is 1.27 bits per heavy atom. The molecule has 2 heterocycles. The van der Waals surface area contributed by atoms with Gasteiger partial charge in [0, 0.05) is 38.3 Å². The van der Waals surface area contributed by atoms with Gasteiger partial charge in [0.25, 0.3) is 5.91 Å². The van der Waals surface area contributed by atoms with E-state index in [-0.39, 0.29) is 11.7 Å². The molecule has 5 nitrogen and oxygen atoms in total. The van der Waals surface area contributed by atoms with Crippen molar-refractivity contribution < 1.29 is 9.18 Å². The van der Waals surface area contributed by atoms with Gasteiger partial charge in [0.15, 0.2) is 0 Å². The number of carbonyl (C=O) groups excluding carboxylic acids is 1. The Bertz CT molecular complexity index is 667. The molecule has 0 saturated carbocycles. The van der Waals surface area contributed by atoms with E-state index in [1.54, 1.807) is 18.3 Å². The normalized spacial score (nSPS) is 16.0. The van der Waals surface area contributed by atoms with Crippen LogP contribution in [-0.4, -0.2) is 52.1 Å². The number of nitrogens with zero attached hydrogens (tertiary/aromatic N) is 3. The van der Waals surface area contributed by atoms with Crippen molar-refractivity contribution >= 4 is 28.5 Å². The maximum Gasteiger partial charge on any atom is 0.273 e. The van der Waals surface area contributed by atoms with Gasteiger partial charge in [0.2, 0.25) is 0 Å². The third kappa shape index (κ3) is 3.30. The van der Waals surface area contributed by atoms with Crippen LogP contribution < -0.4 is 0 Å². The molecule has 0 unspecified atom stereocenters. The summed E-state index contributed by atoms with van der Waals surface area (Å²) in [5.74, 6) is -0.194. The summed E-state index contributed by atoms with van der Waals surface area (Å²) >= 11 is 2.10. The van der Waals surface area contributed by atoms with Crippen molar-refractivity contribution in [3.05, 3.63) is 51.1 Å². The molecule has 1 fully saturated rings. The van der Waals surface area contributed by atoms with E-state index < -0.39 is 0 Å². The predicted molar refractivity (Wildman–Crippen MR) is 88.9 cm³/mol. The van der Waals surface area contributed by atoms with E-state index in [1.807, 2.05) is 11.0 Å². The lowest BCUT2D eigenvalue weighted by Crippen LogP contribution is -2.48. The fourth-order valence-electron chi connectivity index (χ4n) is 2.56. The number of halogens is 2. The zero-order valence-electron chi connectivity index (χ0n) is 11.9. The third-order valence-electron chi connectivity index (χ3n) is 3.82. The smallest absolute Gasteiger partial charge is 0.273 e. The van der Waals surface area contributed by atoms with Gasteiger partial charge in [-0.3, -0.25) is 14.8 Å². The van der Waals surface area contributed by atoms with E-state index in [0.717, 1.165) is 16.7 Å². The highest BCUT2D eigenvalue weighted by Crippen LogP contribution is 2.15. The summed E-state index contributed by atoms with van der Waals surface area (Å²) in [4.78, 5) is 16.4. The number of carbonyl (C=O) groups is 1. The lowest BCUT2D eigenvalue weighted by molar-refractivity contribution is 0.0620. The van der Waals surface area contributed by atoms with Crippen LogP contribution in [-0.2, 0) is 6.54 Å². The molecule has 0 spiro atoms. The molecule has 0 aliphatic carbocycles. The molecule has 0 atom stereocenters. The fraction of sp³-hybridized carbons (Fsp3) is 0.333. The largest absolute Gasteiger partial charge is 0.335 e. The zero-order valence-corrected chi connectivity index (χ0v) is 14.1. The number of H-pyrrole nitrogens is 1. The van der Waals surface area contributed by atoms with Crippen LogP contribution in [0.15, 0.2) is 30.5 Å². The number of aromatic amines is 1. The van der Waals surface area contributed by atoms with Gasteiger partial charge in [0.05, 0.1) is 9.77 Å². The van der Waals surface area contributed by atoms with Gasteiger partial charge in [-0.15, -0.1) is 0 Å². The summed E-state index contributed by atoms with van der Waals surface area (Å²) in [5.41, 5.74) is 1.24. The van der Waals surface area contributed by atoms with Crippen molar-refractivity contribution in [2.45, 2.75) is 6.54 Å². The van der Waals surface area contributed by atoms with Crippen molar-refractivity contribution in [2.75, 3.05) is 26.2 Å². The minimum absolute atomic E-state index is 0.0209. The lowest BCUT2D eigenvalue weighted by Gasteiger charge is -2.34. The highest BCUT2D eigenvalue weighted by atomic mass is 127. The number of hydrogen-bond acceptors (Lipinski definition) is 3. The summed E-state index contributed by atoms with van der Waals surface area (Å²) in [5, 5.41) is 6.64. The summed E-state index contributed by atoms with van der Waals surface area (Å²) in [7, 11) is 0. The standard InChI is InChI=1S/C15H16FIN4O/c16-12-4-2-1-3-11(12)10-20-5-7-21(8-6-20)15(22)14-13(17)9-18-19-14/h1-4,9H,5-8,10H2,(H,18,19). The molecule has 1 aromatic carbocycles. The Hall–Kier alpha value is -1.48. The summed E-state index contributed by atoms with van der Waals surface area (Å²) in [6, 6.07) is 6.83. The van der Waals surface area contributed by atoms with Gasteiger partial charge in [-0.25, -0.2) is 4.39 Å². The summed E-state index contributed by atoms with van der Waals surface area (Å²) in [6.07, 6.45) is 1.64. The Kier molecular flexibility index (Phi) is 4.72. The second-order valence-electron chi connectivity index (χ2n) is 5.25. The first-order valence-corrected chi connectivity index (χ1v) is 8.17. The van der Waals surface area contributed by atoms with E-state index in [4.69, 9.17) is 0 Å². The molecule has 0 radical (unpaired) electrons. The van der Waals surface area contributed by atoms with Gasteiger partial charge < -0.3 is 4.90 Å². The highest BCUT2D eigenvalue weighted by Gasteiger charge is 2.24. The molecule has 1 aromatic heterocycles.